The maximum atomic E-state index is 12.9. The van der Waals surface area contributed by atoms with Crippen LogP contribution in [0.2, 0.25) is 0 Å². The van der Waals surface area contributed by atoms with Crippen LogP contribution in [-0.4, -0.2) is 54.7 Å². The molecule has 0 radical (unpaired) electrons. The average Bonchev–Trinajstić information content (AvgIpc) is 3.53. The van der Waals surface area contributed by atoms with Crippen molar-refractivity contribution in [2.24, 2.45) is 28.6 Å². The van der Waals surface area contributed by atoms with Gasteiger partial charge in [0, 0.05) is 31.1 Å². The van der Waals surface area contributed by atoms with E-state index < -0.39 is 0 Å². The van der Waals surface area contributed by atoms with Gasteiger partial charge in [0.1, 0.15) is 6.10 Å². The summed E-state index contributed by atoms with van der Waals surface area (Å²) in [7, 11) is 4.35. The van der Waals surface area contributed by atoms with Gasteiger partial charge in [-0.2, -0.15) is 0 Å². The van der Waals surface area contributed by atoms with Crippen LogP contribution >= 0.6 is 0 Å². The smallest absolute Gasteiger partial charge is 0.410 e. The van der Waals surface area contributed by atoms with E-state index in [-0.39, 0.29) is 23.7 Å². The lowest BCUT2D eigenvalue weighted by molar-refractivity contribution is 0.0485. The number of hydrogen-bond acceptors (Lipinski definition) is 3. The Balaban J connectivity index is 1.20. The Morgan fingerprint density at radius 2 is 1.91 bits per heavy atom. The van der Waals surface area contributed by atoms with Gasteiger partial charge in [0.15, 0.2) is 0 Å². The standard InChI is InChI=1S/C30H46N2O2/c1-21-26-12-13-27-22-10-11-23-18-24(32(3)28(33)34-25-8-4-5-9-25)14-17-29(23,19-22)15-6-7-16-30(26,27)20-31(21)2/h6,11,15,21-22,24-27H,4-5,7-10,12-14,16-20H2,1-3H3/b15-6+/t21-,22+,24-,26+,27-,29?,30?/m0/s1. The molecule has 34 heavy (non-hydrogen) atoms. The molecule has 0 aromatic heterocycles. The van der Waals surface area contributed by atoms with E-state index in [0.717, 1.165) is 49.5 Å². The maximum absolute atomic E-state index is 12.9. The Bertz CT molecular complexity index is 860. The summed E-state index contributed by atoms with van der Waals surface area (Å²) < 4.78 is 5.85. The molecule has 0 aromatic carbocycles. The van der Waals surface area contributed by atoms with Gasteiger partial charge in [0.2, 0.25) is 0 Å². The number of likely N-dealkylation sites (tertiary alicyclic amines) is 1. The normalized spacial score (nSPS) is 45.3. The quantitative estimate of drug-likeness (QED) is 0.432. The minimum Gasteiger partial charge on any atom is -0.446 e. The van der Waals surface area contributed by atoms with Gasteiger partial charge in [-0.25, -0.2) is 4.79 Å². The van der Waals surface area contributed by atoms with Gasteiger partial charge in [-0.15, -0.1) is 0 Å². The summed E-state index contributed by atoms with van der Waals surface area (Å²) >= 11 is 0. The number of carbonyl (C=O) groups excluding carboxylic acids is 1. The van der Waals surface area contributed by atoms with Crippen LogP contribution in [0.5, 0.6) is 0 Å². The number of rotatable bonds is 2. The Morgan fingerprint density at radius 1 is 1.12 bits per heavy atom. The number of ether oxygens (including phenoxy) is 1. The number of allylic oxidation sites excluding steroid dienone is 3. The van der Waals surface area contributed by atoms with E-state index in [1.165, 1.54) is 64.3 Å². The van der Waals surface area contributed by atoms with Crippen LogP contribution in [0.1, 0.15) is 90.4 Å². The zero-order valence-electron chi connectivity index (χ0n) is 21.8. The highest BCUT2D eigenvalue weighted by Crippen LogP contribution is 2.64. The highest BCUT2D eigenvalue weighted by Gasteiger charge is 2.59. The Labute approximate surface area is 207 Å². The van der Waals surface area contributed by atoms with Crippen LogP contribution in [0.15, 0.2) is 23.8 Å². The molecule has 3 saturated carbocycles. The molecule has 1 saturated heterocycles. The summed E-state index contributed by atoms with van der Waals surface area (Å²) in [4.78, 5) is 17.5. The molecule has 7 atom stereocenters. The molecule has 2 unspecified atom stereocenters. The molecule has 188 valence electrons. The highest BCUT2D eigenvalue weighted by molar-refractivity contribution is 5.68. The van der Waals surface area contributed by atoms with Crippen LogP contribution in [-0.2, 0) is 4.74 Å². The fourth-order valence-electron chi connectivity index (χ4n) is 9.68. The topological polar surface area (TPSA) is 32.8 Å². The van der Waals surface area contributed by atoms with Crippen LogP contribution in [0.4, 0.5) is 4.79 Å². The molecule has 6 aliphatic rings. The van der Waals surface area contributed by atoms with Crippen molar-refractivity contribution >= 4 is 6.09 Å². The summed E-state index contributed by atoms with van der Waals surface area (Å²) in [6.45, 7) is 3.80. The lowest BCUT2D eigenvalue weighted by Gasteiger charge is -2.49. The molecule has 4 nitrogen and oxygen atoms in total. The minimum atomic E-state index is -0.0921. The molecule has 6 rings (SSSR count). The van der Waals surface area contributed by atoms with Crippen molar-refractivity contribution in [3.63, 3.8) is 0 Å². The molecule has 4 heteroatoms. The average molecular weight is 467 g/mol. The number of amides is 1. The molecule has 5 aliphatic carbocycles. The highest BCUT2D eigenvalue weighted by atomic mass is 16.6. The first-order valence-electron chi connectivity index (χ1n) is 14.4. The van der Waals surface area contributed by atoms with Crippen LogP contribution in [0, 0.1) is 28.6 Å². The summed E-state index contributed by atoms with van der Waals surface area (Å²) in [5.74, 6) is 2.61. The van der Waals surface area contributed by atoms with Crippen LogP contribution < -0.4 is 0 Å². The van der Waals surface area contributed by atoms with Crippen molar-refractivity contribution in [3.05, 3.63) is 23.8 Å². The van der Waals surface area contributed by atoms with E-state index >= 15 is 0 Å². The fourth-order valence-corrected chi connectivity index (χ4v) is 9.68. The Kier molecular flexibility index (Phi) is 5.90. The predicted molar refractivity (Wildman–Crippen MR) is 136 cm³/mol. The summed E-state index contributed by atoms with van der Waals surface area (Å²) in [6.07, 6.45) is 23.8. The second kappa shape index (κ2) is 8.68. The van der Waals surface area contributed by atoms with Gasteiger partial charge in [-0.1, -0.05) is 23.8 Å². The van der Waals surface area contributed by atoms with E-state index in [1.54, 1.807) is 5.57 Å². The van der Waals surface area contributed by atoms with E-state index in [0.29, 0.717) is 5.41 Å². The molecule has 1 heterocycles. The fraction of sp³-hybridized carbons (Fsp3) is 0.833. The monoisotopic (exact) mass is 466 g/mol. The third kappa shape index (κ3) is 3.61. The molecule has 1 aliphatic heterocycles. The van der Waals surface area contributed by atoms with Crippen molar-refractivity contribution in [1.29, 1.82) is 0 Å². The summed E-state index contributed by atoms with van der Waals surface area (Å²) in [6, 6.07) is 1.03. The van der Waals surface area contributed by atoms with Crippen molar-refractivity contribution in [2.45, 2.75) is 109 Å². The SMILES string of the molecule is C[C@H]1[C@H]2CC[C@H]3[C@@H]4CC=C5C[C@@H](N(C)C(=O)OC6CCCC6)CCC5(/C=C/CCC23CN1C)C4. The zero-order valence-corrected chi connectivity index (χ0v) is 21.8. The molecule has 0 N–H and O–H groups in total. The molecule has 0 aromatic rings. The first-order valence-corrected chi connectivity index (χ1v) is 14.4. The number of fused-ring (bicyclic) bond motifs is 2. The van der Waals surface area contributed by atoms with E-state index in [2.05, 4.69) is 37.1 Å². The Hall–Kier alpha value is -1.29. The lowest BCUT2D eigenvalue weighted by atomic mass is 9.56. The largest absolute Gasteiger partial charge is 0.446 e. The van der Waals surface area contributed by atoms with Crippen molar-refractivity contribution in [1.82, 2.24) is 9.80 Å². The molecule has 2 spiro atoms. The van der Waals surface area contributed by atoms with E-state index in [4.69, 9.17) is 4.74 Å². The predicted octanol–water partition coefficient (Wildman–Crippen LogP) is 6.57. The van der Waals surface area contributed by atoms with Crippen LogP contribution in [0.25, 0.3) is 0 Å². The van der Waals surface area contributed by atoms with Gasteiger partial charge in [0.25, 0.3) is 0 Å². The molecular weight excluding hydrogens is 420 g/mol. The second-order valence-electron chi connectivity index (χ2n) is 13.0. The minimum absolute atomic E-state index is 0.0921. The third-order valence-electron chi connectivity index (χ3n) is 11.6. The zero-order chi connectivity index (χ0) is 23.5. The summed E-state index contributed by atoms with van der Waals surface area (Å²) in [5, 5.41) is 0. The van der Waals surface area contributed by atoms with Crippen LogP contribution in [0.3, 0.4) is 0 Å². The molecular formula is C30H46N2O2. The molecule has 4 fully saturated rings. The van der Waals surface area contributed by atoms with Crippen molar-refractivity contribution in [3.8, 4) is 0 Å². The third-order valence-corrected chi connectivity index (χ3v) is 11.6. The second-order valence-corrected chi connectivity index (χ2v) is 13.0. The number of nitrogens with zero attached hydrogens (tertiary/aromatic N) is 2. The van der Waals surface area contributed by atoms with Crippen molar-refractivity contribution in [2.75, 3.05) is 20.6 Å². The van der Waals surface area contributed by atoms with Gasteiger partial charge in [0.05, 0.1) is 0 Å². The van der Waals surface area contributed by atoms with Gasteiger partial charge < -0.3 is 14.5 Å². The first kappa shape index (κ1) is 23.1. The lowest BCUT2D eigenvalue weighted by Crippen LogP contribution is -2.46. The van der Waals surface area contributed by atoms with Gasteiger partial charge >= 0.3 is 6.09 Å². The number of hydrogen-bond donors (Lipinski definition) is 0. The maximum Gasteiger partial charge on any atom is 0.410 e. The Morgan fingerprint density at radius 3 is 2.74 bits per heavy atom. The van der Waals surface area contributed by atoms with E-state index in [9.17, 15) is 4.79 Å². The van der Waals surface area contributed by atoms with E-state index in [1.807, 2.05) is 11.9 Å². The van der Waals surface area contributed by atoms with Crippen molar-refractivity contribution < 1.29 is 9.53 Å². The molecule has 1 amide bonds. The number of carbonyl (C=O) groups is 1. The first-order chi connectivity index (χ1) is 16.4. The molecule has 2 bridgehead atoms. The van der Waals surface area contributed by atoms with Gasteiger partial charge in [-0.05, 0) is 121 Å². The summed E-state index contributed by atoms with van der Waals surface area (Å²) in [5.41, 5.74) is 2.41. The van der Waals surface area contributed by atoms with Gasteiger partial charge in [-0.3, -0.25) is 0 Å².